The molecule has 0 unspecified atom stereocenters. The average Bonchev–Trinajstić information content (AvgIpc) is 3.45. The molecule has 168 valence electrons. The van der Waals surface area contributed by atoms with Gasteiger partial charge in [-0.1, -0.05) is 12.1 Å². The number of hydrogen-bond acceptors (Lipinski definition) is 6. The number of carbonyl (C=O) groups is 1. The van der Waals surface area contributed by atoms with E-state index in [0.29, 0.717) is 41.4 Å². The maximum atomic E-state index is 13.5. The third kappa shape index (κ3) is 4.09. The Hall–Kier alpha value is -4.58. The molecular formula is C25H20FN7O. The van der Waals surface area contributed by atoms with E-state index < -0.39 is 0 Å². The summed E-state index contributed by atoms with van der Waals surface area (Å²) in [5.74, 6) is 0.609. The van der Waals surface area contributed by atoms with Gasteiger partial charge in [0.25, 0.3) is 0 Å². The van der Waals surface area contributed by atoms with Crippen LogP contribution < -0.4 is 10.2 Å². The standard InChI is InChI=1S/C25H20FN7O/c1-32-22(6-9-29-32)31-25-28-8-5-21(30-25)18-13-17-7-10-33(24(17)19(14-18)15-27)23(34)12-16-3-2-4-20(26)11-16/h2-6,8-9,11,13-14H,7,10,12H2,1H3,(H,28,30,31). The summed E-state index contributed by atoms with van der Waals surface area (Å²) in [6.07, 6.45) is 4.01. The van der Waals surface area contributed by atoms with Crippen molar-refractivity contribution in [3.05, 3.63) is 83.4 Å². The van der Waals surface area contributed by atoms with Crippen molar-refractivity contribution >= 4 is 23.4 Å². The molecule has 0 saturated heterocycles. The summed E-state index contributed by atoms with van der Waals surface area (Å²) in [5.41, 5.74) is 3.95. The van der Waals surface area contributed by atoms with Gasteiger partial charge in [-0.25, -0.2) is 14.4 Å². The number of amides is 1. The number of fused-ring (bicyclic) bond motifs is 1. The van der Waals surface area contributed by atoms with Crippen LogP contribution in [0.2, 0.25) is 0 Å². The lowest BCUT2D eigenvalue weighted by atomic mass is 10.0. The first kappa shape index (κ1) is 21.3. The monoisotopic (exact) mass is 453 g/mol. The predicted molar refractivity (Wildman–Crippen MR) is 125 cm³/mol. The highest BCUT2D eigenvalue weighted by Gasteiger charge is 2.28. The van der Waals surface area contributed by atoms with Crippen LogP contribution in [-0.4, -0.2) is 32.2 Å². The molecular weight excluding hydrogens is 433 g/mol. The van der Waals surface area contributed by atoms with Crippen LogP contribution in [0.3, 0.4) is 0 Å². The lowest BCUT2D eigenvalue weighted by Crippen LogP contribution is -2.30. The lowest BCUT2D eigenvalue weighted by molar-refractivity contribution is -0.117. The van der Waals surface area contributed by atoms with Crippen LogP contribution in [0.4, 0.5) is 21.8 Å². The van der Waals surface area contributed by atoms with Gasteiger partial charge < -0.3 is 10.2 Å². The first-order valence-corrected chi connectivity index (χ1v) is 10.7. The molecule has 0 aliphatic carbocycles. The molecule has 1 N–H and O–H groups in total. The maximum absolute atomic E-state index is 13.5. The van der Waals surface area contributed by atoms with Gasteiger partial charge in [0, 0.05) is 31.4 Å². The number of nitrogens with zero attached hydrogens (tertiary/aromatic N) is 6. The van der Waals surface area contributed by atoms with Crippen molar-refractivity contribution < 1.29 is 9.18 Å². The van der Waals surface area contributed by atoms with Gasteiger partial charge in [0.15, 0.2) is 0 Å². The third-order valence-electron chi connectivity index (χ3n) is 5.74. The normalized spacial score (nSPS) is 12.3. The number of rotatable bonds is 5. The molecule has 1 amide bonds. The number of hydrogen-bond donors (Lipinski definition) is 1. The van der Waals surface area contributed by atoms with E-state index in [0.717, 1.165) is 16.9 Å². The Bertz CT molecular complexity index is 1440. The van der Waals surface area contributed by atoms with E-state index in [4.69, 9.17) is 0 Å². The van der Waals surface area contributed by atoms with Gasteiger partial charge in [0.2, 0.25) is 11.9 Å². The van der Waals surface area contributed by atoms with Crippen molar-refractivity contribution in [2.75, 3.05) is 16.8 Å². The highest BCUT2D eigenvalue weighted by atomic mass is 19.1. The Kier molecular flexibility index (Phi) is 5.47. The van der Waals surface area contributed by atoms with E-state index in [1.807, 2.05) is 19.2 Å². The Morgan fingerprint density at radius 2 is 2.09 bits per heavy atom. The minimum atomic E-state index is -0.378. The number of aryl methyl sites for hydroxylation is 1. The van der Waals surface area contributed by atoms with Crippen LogP contribution in [0, 0.1) is 17.1 Å². The number of nitriles is 1. The second kappa shape index (κ2) is 8.75. The largest absolute Gasteiger partial charge is 0.310 e. The minimum absolute atomic E-state index is 0.0682. The van der Waals surface area contributed by atoms with Crippen molar-refractivity contribution in [1.82, 2.24) is 19.7 Å². The third-order valence-corrected chi connectivity index (χ3v) is 5.74. The number of nitrogens with one attached hydrogen (secondary N) is 1. The molecule has 34 heavy (non-hydrogen) atoms. The number of halogens is 1. The summed E-state index contributed by atoms with van der Waals surface area (Å²) in [6.45, 7) is 0.471. The highest BCUT2D eigenvalue weighted by Crippen LogP contribution is 2.36. The molecule has 8 nitrogen and oxygen atoms in total. The van der Waals surface area contributed by atoms with Crippen molar-refractivity contribution in [1.29, 1.82) is 5.26 Å². The lowest BCUT2D eigenvalue weighted by Gasteiger charge is -2.19. The van der Waals surface area contributed by atoms with Crippen molar-refractivity contribution in [2.24, 2.45) is 7.05 Å². The Balaban J connectivity index is 1.44. The van der Waals surface area contributed by atoms with E-state index >= 15 is 0 Å². The molecule has 9 heteroatoms. The molecule has 0 bridgehead atoms. The zero-order valence-electron chi connectivity index (χ0n) is 18.4. The van der Waals surface area contributed by atoms with Crippen molar-refractivity contribution in [3.8, 4) is 17.3 Å². The molecule has 2 aromatic carbocycles. The molecule has 4 aromatic rings. The van der Waals surface area contributed by atoms with Gasteiger partial charge in [-0.05, 0) is 47.9 Å². The second-order valence-electron chi connectivity index (χ2n) is 7.98. The molecule has 5 rings (SSSR count). The van der Waals surface area contributed by atoms with Gasteiger partial charge in [-0.2, -0.15) is 10.4 Å². The molecule has 0 saturated carbocycles. The van der Waals surface area contributed by atoms with Gasteiger partial charge in [-0.15, -0.1) is 0 Å². The van der Waals surface area contributed by atoms with Gasteiger partial charge in [0.1, 0.15) is 17.7 Å². The van der Waals surface area contributed by atoms with Crippen LogP contribution in [0.5, 0.6) is 0 Å². The van der Waals surface area contributed by atoms with E-state index in [-0.39, 0.29) is 18.1 Å². The first-order chi connectivity index (χ1) is 16.5. The highest BCUT2D eigenvalue weighted by molar-refractivity contribution is 5.98. The smallest absolute Gasteiger partial charge is 0.231 e. The fraction of sp³-hybridized carbons (Fsp3) is 0.160. The van der Waals surface area contributed by atoms with Gasteiger partial charge in [0.05, 0.1) is 29.6 Å². The Morgan fingerprint density at radius 3 is 2.85 bits per heavy atom. The van der Waals surface area contributed by atoms with Crippen LogP contribution >= 0.6 is 0 Å². The predicted octanol–water partition coefficient (Wildman–Crippen LogP) is 3.76. The SMILES string of the molecule is Cn1nccc1Nc1nccc(-c2cc(C#N)c3c(c2)CCN3C(=O)Cc2cccc(F)c2)n1. The molecule has 3 heterocycles. The summed E-state index contributed by atoms with van der Waals surface area (Å²) in [4.78, 5) is 23.5. The van der Waals surface area contributed by atoms with E-state index in [1.165, 1.54) is 12.1 Å². The molecule has 0 spiro atoms. The van der Waals surface area contributed by atoms with E-state index in [2.05, 4.69) is 26.5 Å². The van der Waals surface area contributed by atoms with Crippen LogP contribution in [0.1, 0.15) is 16.7 Å². The van der Waals surface area contributed by atoms with Gasteiger partial charge in [-0.3, -0.25) is 9.48 Å². The molecule has 0 radical (unpaired) electrons. The van der Waals surface area contributed by atoms with Crippen LogP contribution in [0.25, 0.3) is 11.3 Å². The molecule has 1 aliphatic rings. The summed E-state index contributed by atoms with van der Waals surface area (Å²) in [7, 11) is 1.81. The van der Waals surface area contributed by atoms with Crippen LogP contribution in [-0.2, 0) is 24.7 Å². The zero-order chi connectivity index (χ0) is 23.7. The quantitative estimate of drug-likeness (QED) is 0.494. The summed E-state index contributed by atoms with van der Waals surface area (Å²) >= 11 is 0. The summed E-state index contributed by atoms with van der Waals surface area (Å²) < 4.78 is 15.2. The Labute approximate surface area is 195 Å². The Morgan fingerprint density at radius 1 is 1.21 bits per heavy atom. The topological polar surface area (TPSA) is 99.7 Å². The fourth-order valence-corrected chi connectivity index (χ4v) is 4.14. The number of benzene rings is 2. The van der Waals surface area contributed by atoms with Crippen LogP contribution in [0.15, 0.2) is 60.9 Å². The van der Waals surface area contributed by atoms with Crippen molar-refractivity contribution in [2.45, 2.75) is 12.8 Å². The van der Waals surface area contributed by atoms with Crippen molar-refractivity contribution in [3.63, 3.8) is 0 Å². The average molecular weight is 453 g/mol. The van der Waals surface area contributed by atoms with Gasteiger partial charge >= 0.3 is 0 Å². The minimum Gasteiger partial charge on any atom is -0.310 e. The molecule has 0 fully saturated rings. The summed E-state index contributed by atoms with van der Waals surface area (Å²) in [5, 5.41) is 17.1. The first-order valence-electron chi connectivity index (χ1n) is 10.7. The second-order valence-corrected chi connectivity index (χ2v) is 7.98. The van der Waals surface area contributed by atoms with E-state index in [1.54, 1.807) is 46.2 Å². The number of anilines is 3. The van der Waals surface area contributed by atoms with E-state index in [9.17, 15) is 14.4 Å². The summed E-state index contributed by atoms with van der Waals surface area (Å²) in [6, 6.07) is 15.5. The molecule has 2 aromatic heterocycles. The number of aromatic nitrogens is 4. The maximum Gasteiger partial charge on any atom is 0.231 e. The molecule has 1 aliphatic heterocycles. The zero-order valence-corrected chi connectivity index (χ0v) is 18.4. The number of carbonyl (C=O) groups excluding carboxylic acids is 1. The molecule has 0 atom stereocenters. The fourth-order valence-electron chi connectivity index (χ4n) is 4.14.